The summed E-state index contributed by atoms with van der Waals surface area (Å²) >= 11 is 0. The number of hydrogen-bond donors (Lipinski definition) is 4. The van der Waals surface area contributed by atoms with Crippen LogP contribution in [0.2, 0.25) is 0 Å². The number of aromatic hydroxyl groups is 4. The third-order valence-electron chi connectivity index (χ3n) is 3.13. The molecular formula is C15H10O6. The summed E-state index contributed by atoms with van der Waals surface area (Å²) in [6.45, 7) is 0. The van der Waals surface area contributed by atoms with E-state index in [1.54, 1.807) is 0 Å². The maximum Gasteiger partial charge on any atom is 0.336 e. The van der Waals surface area contributed by atoms with Gasteiger partial charge in [0.2, 0.25) is 0 Å². The summed E-state index contributed by atoms with van der Waals surface area (Å²) in [6, 6.07) is 7.67. The molecule has 0 aliphatic rings. The zero-order chi connectivity index (χ0) is 15.1. The van der Waals surface area contributed by atoms with E-state index in [9.17, 15) is 25.2 Å². The molecule has 21 heavy (non-hydrogen) atoms. The summed E-state index contributed by atoms with van der Waals surface area (Å²) in [7, 11) is 0. The molecule has 3 aromatic rings. The van der Waals surface area contributed by atoms with Crippen molar-refractivity contribution in [1.29, 1.82) is 0 Å². The fourth-order valence-corrected chi connectivity index (χ4v) is 2.12. The van der Waals surface area contributed by atoms with Gasteiger partial charge in [-0.15, -0.1) is 0 Å². The molecular weight excluding hydrogens is 276 g/mol. The first-order valence-corrected chi connectivity index (χ1v) is 5.98. The Morgan fingerprint density at radius 2 is 1.43 bits per heavy atom. The SMILES string of the molecule is O=c1cc(-c2ccc(O)c(O)c2)c2cc(O)c(O)cc2o1. The van der Waals surface area contributed by atoms with Gasteiger partial charge in [-0.3, -0.25) is 0 Å². The second-order valence-electron chi connectivity index (χ2n) is 4.52. The second kappa shape index (κ2) is 4.45. The molecule has 0 radical (unpaired) electrons. The Balaban J connectivity index is 2.38. The van der Waals surface area contributed by atoms with Crippen molar-refractivity contribution in [3.8, 4) is 34.1 Å². The van der Waals surface area contributed by atoms with Crippen LogP contribution >= 0.6 is 0 Å². The molecule has 0 bridgehead atoms. The van der Waals surface area contributed by atoms with E-state index in [0.29, 0.717) is 16.5 Å². The van der Waals surface area contributed by atoms with Crippen LogP contribution in [0.5, 0.6) is 23.0 Å². The fraction of sp³-hybridized carbons (Fsp3) is 0. The van der Waals surface area contributed by atoms with Gasteiger partial charge in [-0.2, -0.15) is 0 Å². The minimum Gasteiger partial charge on any atom is -0.504 e. The quantitative estimate of drug-likeness (QED) is 0.403. The van der Waals surface area contributed by atoms with Crippen LogP contribution in [0, 0.1) is 0 Å². The smallest absolute Gasteiger partial charge is 0.336 e. The monoisotopic (exact) mass is 286 g/mol. The first-order valence-electron chi connectivity index (χ1n) is 5.98. The molecule has 0 amide bonds. The van der Waals surface area contributed by atoms with Gasteiger partial charge in [0.25, 0.3) is 0 Å². The Labute approximate surface area is 117 Å². The molecule has 0 aliphatic carbocycles. The zero-order valence-electron chi connectivity index (χ0n) is 10.6. The van der Waals surface area contributed by atoms with Crippen LogP contribution in [-0.2, 0) is 0 Å². The highest BCUT2D eigenvalue weighted by atomic mass is 16.4. The highest BCUT2D eigenvalue weighted by molar-refractivity contribution is 5.95. The molecule has 2 aromatic carbocycles. The van der Waals surface area contributed by atoms with Gasteiger partial charge in [-0.05, 0) is 23.8 Å². The van der Waals surface area contributed by atoms with Gasteiger partial charge in [-0.1, -0.05) is 6.07 Å². The van der Waals surface area contributed by atoms with E-state index in [1.165, 1.54) is 30.3 Å². The lowest BCUT2D eigenvalue weighted by atomic mass is 10.0. The molecule has 0 saturated heterocycles. The standard InChI is InChI=1S/C15H10O6/c16-10-2-1-7(3-11(10)17)8-5-15(20)21-14-6-13(19)12(18)4-9(8)14/h1-6,16-19H. The molecule has 6 nitrogen and oxygen atoms in total. The van der Waals surface area contributed by atoms with Gasteiger partial charge >= 0.3 is 5.63 Å². The van der Waals surface area contributed by atoms with Gasteiger partial charge in [0.15, 0.2) is 23.0 Å². The van der Waals surface area contributed by atoms with E-state index >= 15 is 0 Å². The van der Waals surface area contributed by atoms with Gasteiger partial charge in [0.05, 0.1) is 0 Å². The average Bonchev–Trinajstić information content (AvgIpc) is 2.43. The van der Waals surface area contributed by atoms with Crippen LogP contribution < -0.4 is 5.63 Å². The lowest BCUT2D eigenvalue weighted by Crippen LogP contribution is -1.98. The maximum atomic E-state index is 11.6. The minimum atomic E-state index is -0.643. The van der Waals surface area contributed by atoms with Crippen LogP contribution in [0.3, 0.4) is 0 Å². The van der Waals surface area contributed by atoms with Crippen LogP contribution in [0.25, 0.3) is 22.1 Å². The average molecular weight is 286 g/mol. The Morgan fingerprint density at radius 1 is 0.762 bits per heavy atom. The third kappa shape index (κ3) is 2.12. The lowest BCUT2D eigenvalue weighted by molar-refractivity contribution is 0.403. The third-order valence-corrected chi connectivity index (χ3v) is 3.13. The summed E-state index contributed by atoms with van der Waals surface area (Å²) in [6.07, 6.45) is 0. The maximum absolute atomic E-state index is 11.6. The first kappa shape index (κ1) is 12.9. The number of rotatable bonds is 1. The highest BCUT2D eigenvalue weighted by Crippen LogP contribution is 2.37. The fourth-order valence-electron chi connectivity index (χ4n) is 2.12. The van der Waals surface area contributed by atoms with Crippen LogP contribution in [0.4, 0.5) is 0 Å². The van der Waals surface area contributed by atoms with Crippen molar-refractivity contribution < 1.29 is 24.8 Å². The molecule has 106 valence electrons. The van der Waals surface area contributed by atoms with E-state index in [4.69, 9.17) is 4.42 Å². The zero-order valence-corrected chi connectivity index (χ0v) is 10.6. The highest BCUT2D eigenvalue weighted by Gasteiger charge is 2.12. The van der Waals surface area contributed by atoms with Gasteiger partial charge < -0.3 is 24.8 Å². The Hall–Kier alpha value is -3.15. The summed E-state index contributed by atoms with van der Waals surface area (Å²) in [4.78, 5) is 11.6. The summed E-state index contributed by atoms with van der Waals surface area (Å²) in [5.74, 6) is -1.39. The van der Waals surface area contributed by atoms with Crippen LogP contribution in [0.1, 0.15) is 0 Å². The summed E-state index contributed by atoms with van der Waals surface area (Å²) < 4.78 is 4.98. The number of hydrogen-bond acceptors (Lipinski definition) is 6. The molecule has 1 heterocycles. The summed E-state index contributed by atoms with van der Waals surface area (Å²) in [5, 5.41) is 38.3. The first-order chi connectivity index (χ1) is 9.95. The van der Waals surface area contributed by atoms with Crippen molar-refractivity contribution in [3.63, 3.8) is 0 Å². The van der Waals surface area contributed by atoms with Gasteiger partial charge in [-0.25, -0.2) is 4.79 Å². The largest absolute Gasteiger partial charge is 0.504 e. The van der Waals surface area contributed by atoms with E-state index in [-0.39, 0.29) is 22.8 Å². The number of fused-ring (bicyclic) bond motifs is 1. The Morgan fingerprint density at radius 3 is 2.14 bits per heavy atom. The molecule has 0 unspecified atom stereocenters. The molecule has 4 N–H and O–H groups in total. The van der Waals surface area contributed by atoms with Crippen molar-refractivity contribution in [2.75, 3.05) is 0 Å². The number of phenolic OH excluding ortho intramolecular Hbond substituents is 4. The normalized spacial score (nSPS) is 10.9. The van der Waals surface area contributed by atoms with Crippen LogP contribution in [0.15, 0.2) is 45.6 Å². The molecule has 0 fully saturated rings. The van der Waals surface area contributed by atoms with Crippen molar-refractivity contribution in [1.82, 2.24) is 0 Å². The van der Waals surface area contributed by atoms with Gasteiger partial charge in [0.1, 0.15) is 5.58 Å². The minimum absolute atomic E-state index is 0.0976. The predicted molar refractivity (Wildman–Crippen MR) is 74.6 cm³/mol. The summed E-state index contributed by atoms with van der Waals surface area (Å²) in [5.41, 5.74) is 0.302. The predicted octanol–water partition coefficient (Wildman–Crippen LogP) is 2.28. The molecule has 6 heteroatoms. The molecule has 0 atom stereocenters. The molecule has 0 saturated carbocycles. The van der Waals surface area contributed by atoms with E-state index in [2.05, 4.69) is 0 Å². The van der Waals surface area contributed by atoms with Gasteiger partial charge in [0, 0.05) is 23.1 Å². The molecule has 0 aliphatic heterocycles. The van der Waals surface area contributed by atoms with E-state index in [1.807, 2.05) is 0 Å². The molecule has 1 aromatic heterocycles. The van der Waals surface area contributed by atoms with Crippen molar-refractivity contribution in [2.24, 2.45) is 0 Å². The van der Waals surface area contributed by atoms with Crippen molar-refractivity contribution in [3.05, 3.63) is 46.8 Å². The Kier molecular flexibility index (Phi) is 2.72. The van der Waals surface area contributed by atoms with Crippen molar-refractivity contribution >= 4 is 11.0 Å². The number of benzene rings is 2. The van der Waals surface area contributed by atoms with Crippen molar-refractivity contribution in [2.45, 2.75) is 0 Å². The second-order valence-corrected chi connectivity index (χ2v) is 4.52. The molecule has 0 spiro atoms. The van der Waals surface area contributed by atoms with E-state index in [0.717, 1.165) is 6.07 Å². The Bertz CT molecular complexity index is 910. The molecule has 3 rings (SSSR count). The number of phenols is 4. The van der Waals surface area contributed by atoms with E-state index < -0.39 is 11.4 Å². The lowest BCUT2D eigenvalue weighted by Gasteiger charge is -2.08. The topological polar surface area (TPSA) is 111 Å². The van der Waals surface area contributed by atoms with Crippen LogP contribution in [-0.4, -0.2) is 20.4 Å².